The first kappa shape index (κ1) is 14.1. The summed E-state index contributed by atoms with van der Waals surface area (Å²) in [4.78, 5) is 27.8. The highest BCUT2D eigenvalue weighted by atomic mass is 16.2. The molecule has 1 amide bonds. The summed E-state index contributed by atoms with van der Waals surface area (Å²) >= 11 is 0. The van der Waals surface area contributed by atoms with Gasteiger partial charge < -0.3 is 5.32 Å². The number of benzene rings is 1. The molecule has 1 aliphatic rings. The van der Waals surface area contributed by atoms with Crippen molar-refractivity contribution in [3.63, 3.8) is 0 Å². The topological polar surface area (TPSA) is 63.2 Å². The van der Waals surface area contributed by atoms with Gasteiger partial charge in [-0.15, -0.1) is 0 Å². The maximum atomic E-state index is 11.5. The van der Waals surface area contributed by atoms with Crippen molar-refractivity contribution in [2.75, 3.05) is 0 Å². The monoisotopic (exact) mass is 247 g/mol. The van der Waals surface area contributed by atoms with E-state index in [0.29, 0.717) is 5.92 Å². The third-order valence-corrected chi connectivity index (χ3v) is 3.32. The normalized spacial score (nSPS) is 25.7. The van der Waals surface area contributed by atoms with Crippen LogP contribution < -0.4 is 5.32 Å². The van der Waals surface area contributed by atoms with Crippen molar-refractivity contribution in [3.05, 3.63) is 35.4 Å². The van der Waals surface area contributed by atoms with Crippen LogP contribution in [0.15, 0.2) is 24.3 Å². The van der Waals surface area contributed by atoms with Crippen LogP contribution in [0.1, 0.15) is 30.9 Å². The van der Waals surface area contributed by atoms with Crippen LogP contribution in [0.4, 0.5) is 0 Å². The Balaban J connectivity index is 0.000000492. The van der Waals surface area contributed by atoms with E-state index in [1.807, 2.05) is 6.92 Å². The Bertz CT molecular complexity index is 447. The van der Waals surface area contributed by atoms with Crippen molar-refractivity contribution in [1.29, 1.82) is 0 Å². The van der Waals surface area contributed by atoms with Crippen molar-refractivity contribution < 1.29 is 14.4 Å². The minimum Gasteiger partial charge on any atom is -0.353 e. The van der Waals surface area contributed by atoms with E-state index in [0.717, 1.165) is 0 Å². The van der Waals surface area contributed by atoms with Crippen molar-refractivity contribution >= 4 is 12.1 Å². The van der Waals surface area contributed by atoms with E-state index >= 15 is 0 Å². The standard InChI is InChI=1S/C13H17NO.CO2/c1-8-4-6-11(7-5-8)12-9(2)13(15)14-10(12)3;2-1-3/h4-7,9-10,12H,1-3H3,(H,14,15);/t9-,10+,12-;/m0./s1. The van der Waals surface area contributed by atoms with Gasteiger partial charge in [0.15, 0.2) is 0 Å². The van der Waals surface area contributed by atoms with Gasteiger partial charge in [-0.3, -0.25) is 4.79 Å². The van der Waals surface area contributed by atoms with Gasteiger partial charge in [-0.25, -0.2) is 0 Å². The van der Waals surface area contributed by atoms with Crippen LogP contribution in [-0.2, 0) is 14.4 Å². The van der Waals surface area contributed by atoms with Crippen molar-refractivity contribution in [2.45, 2.75) is 32.7 Å². The Labute approximate surface area is 106 Å². The minimum absolute atomic E-state index is 0.0858. The molecule has 1 aromatic rings. The van der Waals surface area contributed by atoms with Gasteiger partial charge in [-0.2, -0.15) is 9.59 Å². The summed E-state index contributed by atoms with van der Waals surface area (Å²) in [5, 5.41) is 2.99. The van der Waals surface area contributed by atoms with Crippen molar-refractivity contribution in [2.24, 2.45) is 5.92 Å². The zero-order valence-corrected chi connectivity index (χ0v) is 10.8. The average molecular weight is 247 g/mol. The lowest BCUT2D eigenvalue weighted by atomic mass is 9.85. The number of aryl methyl sites for hydroxylation is 1. The summed E-state index contributed by atoms with van der Waals surface area (Å²) in [5.74, 6) is 0.578. The number of carbonyl (C=O) groups is 1. The fourth-order valence-electron chi connectivity index (χ4n) is 2.41. The van der Waals surface area contributed by atoms with Gasteiger partial charge >= 0.3 is 6.15 Å². The van der Waals surface area contributed by atoms with Gasteiger partial charge in [0.05, 0.1) is 0 Å². The first-order chi connectivity index (χ1) is 8.51. The maximum absolute atomic E-state index is 11.5. The van der Waals surface area contributed by atoms with Gasteiger partial charge in [0, 0.05) is 17.9 Å². The fourth-order valence-corrected chi connectivity index (χ4v) is 2.41. The average Bonchev–Trinajstić information content (AvgIpc) is 2.56. The second-order valence-electron chi connectivity index (χ2n) is 4.61. The van der Waals surface area contributed by atoms with Gasteiger partial charge in [-0.05, 0) is 19.4 Å². The molecule has 0 bridgehead atoms. The minimum atomic E-state index is 0.0858. The molecule has 1 fully saturated rings. The summed E-state index contributed by atoms with van der Waals surface area (Å²) in [6.07, 6.45) is 0.250. The van der Waals surface area contributed by atoms with Crippen molar-refractivity contribution in [3.8, 4) is 0 Å². The summed E-state index contributed by atoms with van der Waals surface area (Å²) in [6, 6.07) is 8.73. The molecule has 0 unspecified atom stereocenters. The Morgan fingerprint density at radius 2 is 1.61 bits per heavy atom. The van der Waals surface area contributed by atoms with Crippen LogP contribution in [0.3, 0.4) is 0 Å². The molecule has 18 heavy (non-hydrogen) atoms. The molecule has 1 heterocycles. The first-order valence-electron chi connectivity index (χ1n) is 5.87. The largest absolute Gasteiger partial charge is 0.373 e. The highest BCUT2D eigenvalue weighted by Crippen LogP contribution is 2.33. The van der Waals surface area contributed by atoms with Crippen LogP contribution in [0, 0.1) is 12.8 Å². The van der Waals surface area contributed by atoms with Crippen LogP contribution >= 0.6 is 0 Å². The van der Waals surface area contributed by atoms with E-state index in [-0.39, 0.29) is 24.0 Å². The summed E-state index contributed by atoms with van der Waals surface area (Å²) in [7, 11) is 0. The lowest BCUT2D eigenvalue weighted by molar-refractivity contribution is -0.191. The molecule has 2 rings (SSSR count). The van der Waals surface area contributed by atoms with Crippen LogP contribution in [0.25, 0.3) is 0 Å². The molecule has 1 saturated heterocycles. The van der Waals surface area contributed by atoms with Gasteiger partial charge in [0.1, 0.15) is 0 Å². The molecule has 0 radical (unpaired) electrons. The van der Waals surface area contributed by atoms with E-state index in [4.69, 9.17) is 9.59 Å². The van der Waals surface area contributed by atoms with E-state index in [1.165, 1.54) is 11.1 Å². The van der Waals surface area contributed by atoms with E-state index in [9.17, 15) is 4.79 Å². The molecule has 1 N–H and O–H groups in total. The van der Waals surface area contributed by atoms with E-state index in [1.54, 1.807) is 0 Å². The third kappa shape index (κ3) is 3.05. The molecule has 0 aliphatic carbocycles. The highest BCUT2D eigenvalue weighted by molar-refractivity contribution is 5.82. The molecule has 1 aromatic carbocycles. The number of rotatable bonds is 1. The summed E-state index contributed by atoms with van der Waals surface area (Å²) in [6.45, 7) is 6.16. The highest BCUT2D eigenvalue weighted by Gasteiger charge is 2.37. The maximum Gasteiger partial charge on any atom is 0.373 e. The quantitative estimate of drug-likeness (QED) is 0.820. The smallest absolute Gasteiger partial charge is 0.353 e. The summed E-state index contributed by atoms with van der Waals surface area (Å²) in [5.41, 5.74) is 2.52. The fraction of sp³-hybridized carbons (Fsp3) is 0.429. The third-order valence-electron chi connectivity index (χ3n) is 3.32. The lowest BCUT2D eigenvalue weighted by Gasteiger charge is -2.18. The molecule has 4 heteroatoms. The van der Waals surface area contributed by atoms with Gasteiger partial charge in [0.2, 0.25) is 5.91 Å². The molecule has 96 valence electrons. The molecule has 0 aromatic heterocycles. The van der Waals surface area contributed by atoms with Crippen LogP contribution in [0.5, 0.6) is 0 Å². The van der Waals surface area contributed by atoms with Gasteiger partial charge in [0.25, 0.3) is 0 Å². The number of nitrogens with one attached hydrogen (secondary N) is 1. The second-order valence-corrected chi connectivity index (χ2v) is 4.61. The van der Waals surface area contributed by atoms with Crippen LogP contribution in [0.2, 0.25) is 0 Å². The number of amides is 1. The van der Waals surface area contributed by atoms with Crippen LogP contribution in [-0.4, -0.2) is 18.1 Å². The Hall–Kier alpha value is -1.93. The Kier molecular flexibility index (Phi) is 4.81. The van der Waals surface area contributed by atoms with Crippen molar-refractivity contribution in [1.82, 2.24) is 5.32 Å². The zero-order valence-electron chi connectivity index (χ0n) is 10.8. The first-order valence-corrected chi connectivity index (χ1v) is 5.87. The number of hydrogen-bond acceptors (Lipinski definition) is 3. The molecule has 1 aliphatic heterocycles. The van der Waals surface area contributed by atoms with E-state index in [2.05, 4.69) is 43.4 Å². The predicted octanol–water partition coefficient (Wildman–Crippen LogP) is 1.65. The molecular weight excluding hydrogens is 230 g/mol. The summed E-state index contributed by atoms with van der Waals surface area (Å²) < 4.78 is 0. The van der Waals surface area contributed by atoms with Gasteiger partial charge in [-0.1, -0.05) is 36.8 Å². The lowest BCUT2D eigenvalue weighted by Crippen LogP contribution is -2.24. The molecule has 0 spiro atoms. The molecule has 4 nitrogen and oxygen atoms in total. The number of carbonyl (C=O) groups excluding carboxylic acids is 3. The zero-order chi connectivity index (χ0) is 13.7. The predicted molar refractivity (Wildman–Crippen MR) is 65.7 cm³/mol. The number of hydrogen-bond donors (Lipinski definition) is 1. The second kappa shape index (κ2) is 6.12. The van der Waals surface area contributed by atoms with E-state index < -0.39 is 0 Å². The Morgan fingerprint density at radius 1 is 1.11 bits per heavy atom. The molecule has 3 atom stereocenters. The SMILES string of the molecule is Cc1ccc([C@H]2[C@H](C)C(=O)N[C@@H]2C)cc1.O=C=O. The Morgan fingerprint density at radius 3 is 2.00 bits per heavy atom. The molecular formula is C14H17NO3. The molecule has 0 saturated carbocycles.